The quantitative estimate of drug-likeness (QED) is 0.229. The second-order valence-electron chi connectivity index (χ2n) is 10.3. The van der Waals surface area contributed by atoms with Gasteiger partial charge in [-0.3, -0.25) is 0 Å². The molecule has 7 heteroatoms. The molecular weight excluding hydrogens is 517 g/mol. The first-order chi connectivity index (χ1) is 19.2. The highest BCUT2D eigenvalue weighted by atomic mass is 19.4. The van der Waals surface area contributed by atoms with E-state index in [1.807, 2.05) is 24.3 Å². The van der Waals surface area contributed by atoms with Crippen molar-refractivity contribution >= 4 is 11.0 Å². The Labute approximate surface area is 228 Å². The second kappa shape index (κ2) is 9.90. The summed E-state index contributed by atoms with van der Waals surface area (Å²) < 4.78 is 45.7. The van der Waals surface area contributed by atoms with Gasteiger partial charge in [-0.15, -0.1) is 0 Å². The summed E-state index contributed by atoms with van der Waals surface area (Å²) >= 11 is 0. The van der Waals surface area contributed by atoms with Crippen LogP contribution in [0.3, 0.4) is 0 Å². The van der Waals surface area contributed by atoms with Crippen LogP contribution in [0.15, 0.2) is 100 Å². The third-order valence-corrected chi connectivity index (χ3v) is 7.80. The number of hydrogen-bond donors (Lipinski definition) is 2. The summed E-state index contributed by atoms with van der Waals surface area (Å²) in [6, 6.07) is 24.7. The second-order valence-corrected chi connectivity index (χ2v) is 10.3. The van der Waals surface area contributed by atoms with Gasteiger partial charge in [-0.25, -0.2) is 4.79 Å². The zero-order valence-electron chi connectivity index (χ0n) is 21.3. The van der Waals surface area contributed by atoms with Crippen molar-refractivity contribution in [2.45, 2.75) is 37.3 Å². The van der Waals surface area contributed by atoms with Gasteiger partial charge in [0, 0.05) is 5.92 Å². The lowest BCUT2D eigenvalue weighted by atomic mass is 9.71. The van der Waals surface area contributed by atoms with Crippen molar-refractivity contribution < 1.29 is 27.8 Å². The van der Waals surface area contributed by atoms with Crippen LogP contribution in [0, 0.1) is 0 Å². The summed E-state index contributed by atoms with van der Waals surface area (Å²) in [6.45, 7) is 0. The van der Waals surface area contributed by atoms with Crippen LogP contribution in [0.5, 0.6) is 11.5 Å². The third-order valence-electron chi connectivity index (χ3n) is 7.80. The van der Waals surface area contributed by atoms with Crippen LogP contribution in [0.2, 0.25) is 0 Å². The molecule has 1 heterocycles. The monoisotopic (exact) mass is 542 g/mol. The first kappa shape index (κ1) is 25.7. The van der Waals surface area contributed by atoms with Gasteiger partial charge in [0.05, 0.1) is 16.5 Å². The molecule has 0 spiro atoms. The van der Waals surface area contributed by atoms with Crippen molar-refractivity contribution in [3.05, 3.63) is 140 Å². The average molecular weight is 543 g/mol. The van der Waals surface area contributed by atoms with E-state index in [-0.39, 0.29) is 29.4 Å². The smallest absolute Gasteiger partial charge is 0.416 e. The van der Waals surface area contributed by atoms with Gasteiger partial charge < -0.3 is 14.6 Å². The minimum atomic E-state index is -4.46. The molecule has 1 aliphatic carbocycles. The standard InChI is InChI=1S/C33H25F3O4/c34-33(35,36)23-8-5-6-19(15-23)14-21-17-24(37)12-13-25(21)22-16-20-7-1-2-9-26(20)28(18-22)30-31(38)27-10-3-4-11-29(27)40-32(30)39/h1-13,15,17,22,28,37-38H,14,16,18H2. The van der Waals surface area contributed by atoms with Crippen LogP contribution in [0.1, 0.15) is 57.2 Å². The summed E-state index contributed by atoms with van der Waals surface area (Å²) in [5.41, 5.74) is 3.15. The van der Waals surface area contributed by atoms with Crippen LogP contribution < -0.4 is 5.63 Å². The van der Waals surface area contributed by atoms with E-state index in [4.69, 9.17) is 4.42 Å². The number of phenols is 1. The lowest BCUT2D eigenvalue weighted by molar-refractivity contribution is -0.137. The van der Waals surface area contributed by atoms with E-state index in [1.165, 1.54) is 6.07 Å². The minimum Gasteiger partial charge on any atom is -0.508 e. The molecule has 5 aromatic rings. The SMILES string of the molecule is O=c1oc2ccccc2c(O)c1C1CC(c2ccc(O)cc2Cc2cccc(C(F)(F)F)c2)Cc2ccccc21. The molecule has 0 saturated carbocycles. The van der Waals surface area contributed by atoms with Gasteiger partial charge in [-0.1, -0.05) is 60.7 Å². The summed E-state index contributed by atoms with van der Waals surface area (Å²) in [5, 5.41) is 22.0. The minimum absolute atomic E-state index is 0.0197. The van der Waals surface area contributed by atoms with Crippen molar-refractivity contribution in [3.8, 4) is 11.5 Å². The van der Waals surface area contributed by atoms with E-state index in [9.17, 15) is 28.2 Å². The normalized spacial score (nSPS) is 17.1. The molecule has 40 heavy (non-hydrogen) atoms. The lowest BCUT2D eigenvalue weighted by Crippen LogP contribution is -2.23. The van der Waals surface area contributed by atoms with E-state index in [2.05, 4.69) is 0 Å². The lowest BCUT2D eigenvalue weighted by Gasteiger charge is -2.33. The van der Waals surface area contributed by atoms with Crippen molar-refractivity contribution in [3.63, 3.8) is 0 Å². The molecule has 1 aromatic heterocycles. The van der Waals surface area contributed by atoms with E-state index in [0.717, 1.165) is 28.8 Å². The van der Waals surface area contributed by atoms with Crippen LogP contribution in [0.4, 0.5) is 13.2 Å². The fraction of sp³-hybridized carbons (Fsp3) is 0.182. The summed E-state index contributed by atoms with van der Waals surface area (Å²) in [5.74, 6) is -0.689. The molecule has 0 saturated heterocycles. The number of fused-ring (bicyclic) bond motifs is 2. The highest BCUT2D eigenvalue weighted by Gasteiger charge is 2.34. The number of phenolic OH excluding ortho intramolecular Hbond substituents is 1. The molecule has 0 fully saturated rings. The zero-order chi connectivity index (χ0) is 28.0. The van der Waals surface area contributed by atoms with Gasteiger partial charge in [0.25, 0.3) is 0 Å². The van der Waals surface area contributed by atoms with Crippen LogP contribution in [0.25, 0.3) is 11.0 Å². The highest BCUT2D eigenvalue weighted by molar-refractivity contribution is 5.84. The molecule has 0 radical (unpaired) electrons. The molecule has 2 unspecified atom stereocenters. The Bertz CT molecular complexity index is 1790. The number of hydrogen-bond acceptors (Lipinski definition) is 4. The number of alkyl halides is 3. The van der Waals surface area contributed by atoms with E-state index in [1.54, 1.807) is 48.5 Å². The molecule has 2 N–H and O–H groups in total. The Morgan fingerprint density at radius 1 is 0.850 bits per heavy atom. The summed E-state index contributed by atoms with van der Waals surface area (Å²) in [7, 11) is 0. The van der Waals surface area contributed by atoms with Crippen LogP contribution in [-0.4, -0.2) is 10.2 Å². The van der Waals surface area contributed by atoms with Crippen LogP contribution >= 0.6 is 0 Å². The molecular formula is C33H25F3O4. The van der Waals surface area contributed by atoms with Crippen molar-refractivity contribution in [2.75, 3.05) is 0 Å². The Balaban J connectivity index is 1.44. The van der Waals surface area contributed by atoms with Gasteiger partial charge in [0.15, 0.2) is 0 Å². The van der Waals surface area contributed by atoms with E-state index < -0.39 is 23.3 Å². The van der Waals surface area contributed by atoms with Gasteiger partial charge in [0.2, 0.25) is 0 Å². The fourth-order valence-electron chi connectivity index (χ4n) is 6.01. The van der Waals surface area contributed by atoms with Crippen molar-refractivity contribution in [1.29, 1.82) is 0 Å². The summed E-state index contributed by atoms with van der Waals surface area (Å²) in [6.07, 6.45) is -3.17. The molecule has 0 aliphatic heterocycles. The Morgan fingerprint density at radius 3 is 2.45 bits per heavy atom. The van der Waals surface area contributed by atoms with E-state index in [0.29, 0.717) is 34.9 Å². The Morgan fingerprint density at radius 2 is 1.62 bits per heavy atom. The number of para-hydroxylation sites is 1. The highest BCUT2D eigenvalue weighted by Crippen LogP contribution is 2.46. The van der Waals surface area contributed by atoms with Gasteiger partial charge in [-0.2, -0.15) is 13.2 Å². The molecule has 0 bridgehead atoms. The van der Waals surface area contributed by atoms with Gasteiger partial charge >= 0.3 is 11.8 Å². The predicted molar refractivity (Wildman–Crippen MR) is 146 cm³/mol. The van der Waals surface area contributed by atoms with Crippen LogP contribution in [-0.2, 0) is 19.0 Å². The topological polar surface area (TPSA) is 70.7 Å². The molecule has 4 aromatic carbocycles. The molecule has 0 amide bonds. The van der Waals surface area contributed by atoms with E-state index >= 15 is 0 Å². The van der Waals surface area contributed by atoms with Crippen molar-refractivity contribution in [2.24, 2.45) is 0 Å². The maximum absolute atomic E-state index is 13.4. The molecule has 1 aliphatic rings. The molecule has 202 valence electrons. The maximum Gasteiger partial charge on any atom is 0.416 e. The molecule has 6 rings (SSSR count). The number of rotatable bonds is 4. The fourth-order valence-corrected chi connectivity index (χ4v) is 6.01. The van der Waals surface area contributed by atoms with Gasteiger partial charge in [-0.05, 0) is 83.3 Å². The molecule has 2 atom stereocenters. The first-order valence-corrected chi connectivity index (χ1v) is 13.0. The third kappa shape index (κ3) is 4.72. The predicted octanol–water partition coefficient (Wildman–Crippen LogP) is 7.68. The number of halogens is 3. The largest absolute Gasteiger partial charge is 0.508 e. The molecule has 4 nitrogen and oxygen atoms in total. The maximum atomic E-state index is 13.4. The average Bonchev–Trinajstić information content (AvgIpc) is 2.93. The summed E-state index contributed by atoms with van der Waals surface area (Å²) in [4.78, 5) is 13.2. The first-order valence-electron chi connectivity index (χ1n) is 13.0. The zero-order valence-corrected chi connectivity index (χ0v) is 21.3. The number of aromatic hydroxyl groups is 2. The van der Waals surface area contributed by atoms with Gasteiger partial charge in [0.1, 0.15) is 17.1 Å². The Hall–Kier alpha value is -4.52. The number of benzene rings is 4. The Kier molecular flexibility index (Phi) is 6.37. The van der Waals surface area contributed by atoms with Crippen molar-refractivity contribution in [1.82, 2.24) is 0 Å².